The first-order valence-electron chi connectivity index (χ1n) is 5.51. The first-order chi connectivity index (χ1) is 6.93. The molecule has 0 aromatic rings. The molecule has 1 rings (SSSR count). The van der Waals surface area contributed by atoms with Gasteiger partial charge in [0.25, 0.3) is 0 Å². The van der Waals surface area contributed by atoms with Crippen molar-refractivity contribution in [2.24, 2.45) is 5.73 Å². The Hall–Kier alpha value is -0.160. The van der Waals surface area contributed by atoms with Crippen molar-refractivity contribution in [1.82, 2.24) is 4.90 Å². The number of nitrogens with zero attached hydrogens (tertiary/aromatic N) is 1. The van der Waals surface area contributed by atoms with Crippen molar-refractivity contribution < 1.29 is 9.47 Å². The number of rotatable bonds is 4. The Morgan fingerprint density at radius 2 is 2.20 bits per heavy atom. The summed E-state index contributed by atoms with van der Waals surface area (Å²) in [4.78, 5) is 2.38. The van der Waals surface area contributed by atoms with E-state index in [1.165, 1.54) is 0 Å². The van der Waals surface area contributed by atoms with Crippen LogP contribution in [0.4, 0.5) is 0 Å². The normalized spacial score (nSPS) is 26.2. The molecule has 1 saturated heterocycles. The SMILES string of the molecule is COCC(C)(CN)N1CCOC(C)(C)C1. The molecule has 4 nitrogen and oxygen atoms in total. The van der Waals surface area contributed by atoms with E-state index in [0.29, 0.717) is 13.2 Å². The van der Waals surface area contributed by atoms with E-state index in [9.17, 15) is 0 Å². The molecular formula is C11H24N2O2. The monoisotopic (exact) mass is 216 g/mol. The summed E-state index contributed by atoms with van der Waals surface area (Å²) >= 11 is 0. The Morgan fingerprint density at radius 1 is 1.53 bits per heavy atom. The Kier molecular flexibility index (Phi) is 4.12. The Balaban J connectivity index is 2.67. The van der Waals surface area contributed by atoms with E-state index in [-0.39, 0.29) is 11.1 Å². The van der Waals surface area contributed by atoms with Crippen LogP contribution < -0.4 is 5.73 Å². The average molecular weight is 216 g/mol. The molecular weight excluding hydrogens is 192 g/mol. The summed E-state index contributed by atoms with van der Waals surface area (Å²) in [6.07, 6.45) is 0. The molecule has 1 unspecified atom stereocenters. The quantitative estimate of drug-likeness (QED) is 0.742. The zero-order chi connectivity index (χ0) is 11.5. The second-order valence-electron chi connectivity index (χ2n) is 5.16. The first-order valence-corrected chi connectivity index (χ1v) is 5.51. The molecule has 0 spiro atoms. The van der Waals surface area contributed by atoms with Gasteiger partial charge in [0.1, 0.15) is 0 Å². The number of hydrogen-bond acceptors (Lipinski definition) is 4. The molecule has 0 radical (unpaired) electrons. The van der Waals surface area contributed by atoms with Gasteiger partial charge in [-0.1, -0.05) is 0 Å². The van der Waals surface area contributed by atoms with Crippen LogP contribution >= 0.6 is 0 Å². The van der Waals surface area contributed by atoms with Gasteiger partial charge >= 0.3 is 0 Å². The van der Waals surface area contributed by atoms with Gasteiger partial charge in [0.2, 0.25) is 0 Å². The van der Waals surface area contributed by atoms with Crippen molar-refractivity contribution in [2.45, 2.75) is 31.9 Å². The maximum atomic E-state index is 5.85. The summed E-state index contributed by atoms with van der Waals surface area (Å²) in [5, 5.41) is 0. The summed E-state index contributed by atoms with van der Waals surface area (Å²) in [6.45, 7) is 10.3. The van der Waals surface area contributed by atoms with E-state index in [2.05, 4.69) is 25.7 Å². The van der Waals surface area contributed by atoms with Crippen LogP contribution in [0.5, 0.6) is 0 Å². The predicted molar refractivity (Wildman–Crippen MR) is 60.9 cm³/mol. The zero-order valence-corrected chi connectivity index (χ0v) is 10.4. The van der Waals surface area contributed by atoms with Gasteiger partial charge in [-0.05, 0) is 20.8 Å². The lowest BCUT2D eigenvalue weighted by Gasteiger charge is -2.47. The molecule has 0 amide bonds. The molecule has 2 N–H and O–H groups in total. The second-order valence-corrected chi connectivity index (χ2v) is 5.16. The van der Waals surface area contributed by atoms with Gasteiger partial charge in [-0.15, -0.1) is 0 Å². The van der Waals surface area contributed by atoms with Gasteiger partial charge in [-0.2, -0.15) is 0 Å². The van der Waals surface area contributed by atoms with Crippen molar-refractivity contribution in [3.8, 4) is 0 Å². The van der Waals surface area contributed by atoms with Crippen molar-refractivity contribution in [3.05, 3.63) is 0 Å². The maximum absolute atomic E-state index is 5.85. The van der Waals surface area contributed by atoms with Gasteiger partial charge in [0.15, 0.2) is 0 Å². The lowest BCUT2D eigenvalue weighted by Crippen LogP contribution is -2.62. The molecule has 1 fully saturated rings. The van der Waals surface area contributed by atoms with E-state index in [1.54, 1.807) is 7.11 Å². The minimum Gasteiger partial charge on any atom is -0.383 e. The van der Waals surface area contributed by atoms with Crippen molar-refractivity contribution in [2.75, 3.05) is 40.0 Å². The molecule has 0 aromatic carbocycles. The highest BCUT2D eigenvalue weighted by molar-refractivity contribution is 4.92. The Morgan fingerprint density at radius 3 is 2.67 bits per heavy atom. The van der Waals surface area contributed by atoms with Crippen LogP contribution in [0.3, 0.4) is 0 Å². The molecule has 90 valence electrons. The topological polar surface area (TPSA) is 47.7 Å². The lowest BCUT2D eigenvalue weighted by molar-refractivity contribution is -0.122. The van der Waals surface area contributed by atoms with Gasteiger partial charge in [0.05, 0.1) is 24.4 Å². The van der Waals surface area contributed by atoms with Crippen molar-refractivity contribution in [1.29, 1.82) is 0 Å². The smallest absolute Gasteiger partial charge is 0.0753 e. The van der Waals surface area contributed by atoms with Gasteiger partial charge in [0, 0.05) is 26.7 Å². The fourth-order valence-electron chi connectivity index (χ4n) is 2.07. The van der Waals surface area contributed by atoms with Gasteiger partial charge in [-0.3, -0.25) is 4.90 Å². The van der Waals surface area contributed by atoms with Crippen LogP contribution in [-0.4, -0.2) is 56.0 Å². The summed E-state index contributed by atoms with van der Waals surface area (Å²) in [6, 6.07) is 0. The average Bonchev–Trinajstić information content (AvgIpc) is 2.16. The lowest BCUT2D eigenvalue weighted by atomic mass is 9.97. The number of methoxy groups -OCH3 is 1. The molecule has 0 aromatic heterocycles. The number of hydrogen-bond donors (Lipinski definition) is 1. The van der Waals surface area contributed by atoms with Crippen LogP contribution in [-0.2, 0) is 9.47 Å². The Bertz CT molecular complexity index is 209. The number of ether oxygens (including phenoxy) is 2. The highest BCUT2D eigenvalue weighted by atomic mass is 16.5. The van der Waals surface area contributed by atoms with Gasteiger partial charge < -0.3 is 15.2 Å². The third kappa shape index (κ3) is 3.14. The van der Waals surface area contributed by atoms with Crippen LogP contribution in [0.25, 0.3) is 0 Å². The standard InChI is InChI=1S/C11H24N2O2/c1-10(2)8-13(5-6-15-10)11(3,7-12)9-14-4/h5-9,12H2,1-4H3. The van der Waals surface area contributed by atoms with E-state index in [0.717, 1.165) is 19.7 Å². The van der Waals surface area contributed by atoms with E-state index >= 15 is 0 Å². The number of morpholine rings is 1. The van der Waals surface area contributed by atoms with E-state index in [4.69, 9.17) is 15.2 Å². The molecule has 1 aliphatic heterocycles. The molecule has 4 heteroatoms. The summed E-state index contributed by atoms with van der Waals surface area (Å²) < 4.78 is 10.9. The van der Waals surface area contributed by atoms with Crippen molar-refractivity contribution >= 4 is 0 Å². The maximum Gasteiger partial charge on any atom is 0.0753 e. The summed E-state index contributed by atoms with van der Waals surface area (Å²) in [5.41, 5.74) is 5.70. The molecule has 0 aliphatic carbocycles. The third-order valence-electron chi connectivity index (χ3n) is 3.08. The first kappa shape index (κ1) is 12.9. The Labute approximate surface area is 92.7 Å². The van der Waals surface area contributed by atoms with E-state index in [1.807, 2.05) is 0 Å². The minimum atomic E-state index is -0.0809. The highest BCUT2D eigenvalue weighted by Gasteiger charge is 2.37. The molecule has 0 saturated carbocycles. The van der Waals surface area contributed by atoms with Crippen LogP contribution in [0.15, 0.2) is 0 Å². The molecule has 0 bridgehead atoms. The fraction of sp³-hybridized carbons (Fsp3) is 1.00. The zero-order valence-electron chi connectivity index (χ0n) is 10.4. The van der Waals surface area contributed by atoms with E-state index < -0.39 is 0 Å². The largest absolute Gasteiger partial charge is 0.383 e. The van der Waals surface area contributed by atoms with Crippen LogP contribution in [0, 0.1) is 0 Å². The second kappa shape index (κ2) is 4.78. The molecule has 15 heavy (non-hydrogen) atoms. The predicted octanol–water partition coefficient (Wildman–Crippen LogP) is 0.461. The number of nitrogens with two attached hydrogens (primary N) is 1. The summed E-state index contributed by atoms with van der Waals surface area (Å²) in [7, 11) is 1.72. The third-order valence-corrected chi connectivity index (χ3v) is 3.08. The van der Waals surface area contributed by atoms with Crippen LogP contribution in [0.2, 0.25) is 0 Å². The fourth-order valence-corrected chi connectivity index (χ4v) is 2.07. The van der Waals surface area contributed by atoms with Crippen LogP contribution in [0.1, 0.15) is 20.8 Å². The molecule has 1 aliphatic rings. The van der Waals surface area contributed by atoms with Crippen molar-refractivity contribution in [3.63, 3.8) is 0 Å². The summed E-state index contributed by atoms with van der Waals surface area (Å²) in [5.74, 6) is 0. The molecule has 1 atom stereocenters. The molecule has 1 heterocycles. The highest BCUT2D eigenvalue weighted by Crippen LogP contribution is 2.23. The van der Waals surface area contributed by atoms with Gasteiger partial charge in [-0.25, -0.2) is 0 Å². The minimum absolute atomic E-state index is 0.0736.